The fraction of sp³-hybridized carbons (Fsp3) is 0.206. The average Bonchev–Trinajstić information content (AvgIpc) is 3.34. The van der Waals surface area contributed by atoms with Gasteiger partial charge in [-0.3, -0.25) is 0 Å². The van der Waals surface area contributed by atoms with Crippen molar-refractivity contribution in [3.63, 3.8) is 0 Å². The Hall–Kier alpha value is -3.09. The molecule has 0 N–H and O–H groups in total. The van der Waals surface area contributed by atoms with Crippen LogP contribution in [0.15, 0.2) is 76.4 Å². The van der Waals surface area contributed by atoms with Crippen molar-refractivity contribution in [2.24, 2.45) is 0 Å². The molecule has 9 heteroatoms. The summed E-state index contributed by atoms with van der Waals surface area (Å²) >= 11 is -0.590. The molecule has 43 heavy (non-hydrogen) atoms. The molecule has 0 aliphatic carbocycles. The number of halogens is 4. The van der Waals surface area contributed by atoms with Gasteiger partial charge >= 0.3 is 264 Å². The van der Waals surface area contributed by atoms with Crippen LogP contribution in [-0.2, 0) is 0 Å². The van der Waals surface area contributed by atoms with E-state index in [9.17, 15) is 8.78 Å². The summed E-state index contributed by atoms with van der Waals surface area (Å²) in [4.78, 5) is 0. The first kappa shape index (κ1) is 30.0. The second-order valence-electron chi connectivity index (χ2n) is 11.4. The summed E-state index contributed by atoms with van der Waals surface area (Å²) < 4.78 is 67.8. The van der Waals surface area contributed by atoms with Crippen LogP contribution in [0.3, 0.4) is 0 Å². The van der Waals surface area contributed by atoms with Crippen molar-refractivity contribution in [1.82, 2.24) is 4.48 Å². The van der Waals surface area contributed by atoms with Gasteiger partial charge in [0.05, 0.1) is 0 Å². The van der Waals surface area contributed by atoms with Gasteiger partial charge in [0.1, 0.15) is 0 Å². The topological polar surface area (TPSA) is 7.94 Å². The maximum absolute atomic E-state index is 17.1. The second-order valence-corrected chi connectivity index (χ2v) is 15.9. The Bertz CT molecular complexity index is 1890. The third kappa shape index (κ3) is 4.82. The molecule has 1 aromatic heterocycles. The van der Waals surface area contributed by atoms with E-state index in [1.807, 2.05) is 13.8 Å². The summed E-state index contributed by atoms with van der Waals surface area (Å²) in [6.07, 6.45) is 0. The van der Waals surface area contributed by atoms with Crippen LogP contribution in [0.1, 0.15) is 53.1 Å². The predicted molar refractivity (Wildman–Crippen MR) is 171 cm³/mol. The minimum absolute atomic E-state index is 0.295. The minimum atomic E-state index is -4.24. The first-order valence-electron chi connectivity index (χ1n) is 14.1. The molecule has 0 unspecified atom stereocenters. The number of allylic oxidation sites excluding steroid dienone is 2. The van der Waals surface area contributed by atoms with Gasteiger partial charge in [0.25, 0.3) is 0 Å². The summed E-state index contributed by atoms with van der Waals surface area (Å²) in [5.41, 5.74) is 8.89. The van der Waals surface area contributed by atoms with Gasteiger partial charge < -0.3 is 0 Å². The van der Waals surface area contributed by atoms with Crippen LogP contribution in [0, 0.1) is 46.3 Å². The van der Waals surface area contributed by atoms with E-state index < -0.39 is 6.97 Å². The Morgan fingerprint density at radius 2 is 1.23 bits per heavy atom. The van der Waals surface area contributed by atoms with E-state index in [0.717, 1.165) is 56.8 Å². The molecule has 3 heterocycles. The molecule has 0 amide bonds. The van der Waals surface area contributed by atoms with Crippen LogP contribution < -0.4 is 13.4 Å². The Labute approximate surface area is 262 Å². The number of rotatable bonds is 5. The molecule has 3 aromatic carbocycles. The molecule has 2 aliphatic heterocycles. The molecular weight excluding hydrogens is 681 g/mol. The number of benzene rings is 3. The van der Waals surface area contributed by atoms with Crippen molar-refractivity contribution in [3.05, 3.63) is 127 Å². The zero-order valence-corrected chi connectivity index (χ0v) is 28.5. The molecule has 0 saturated carbocycles. The molecule has 0 fully saturated rings. The van der Waals surface area contributed by atoms with E-state index in [0.29, 0.717) is 22.8 Å². The molecule has 0 spiro atoms. The van der Waals surface area contributed by atoms with E-state index in [1.165, 1.54) is 33.2 Å². The van der Waals surface area contributed by atoms with Gasteiger partial charge in [-0.25, -0.2) is 0 Å². The number of hydrogen-bond acceptors (Lipinski definition) is 0. The molecule has 6 rings (SSSR count). The van der Waals surface area contributed by atoms with E-state index in [-0.39, 0.29) is 41.5 Å². The van der Waals surface area contributed by atoms with Crippen LogP contribution in [0.4, 0.5) is 17.4 Å². The Balaban J connectivity index is 1.67. The van der Waals surface area contributed by atoms with Crippen molar-refractivity contribution < 1.29 is 21.9 Å². The van der Waals surface area contributed by atoms with Crippen LogP contribution in [0.5, 0.6) is 0 Å². The molecule has 0 radical (unpaired) electrons. The van der Waals surface area contributed by atoms with E-state index in [2.05, 4.69) is 32.9 Å². The molecule has 0 bridgehead atoms. The Morgan fingerprint density at radius 1 is 0.721 bits per heavy atom. The monoisotopic (exact) mass is 714 g/mol. The van der Waals surface area contributed by atoms with Crippen molar-refractivity contribution in [3.8, 4) is 0 Å². The third-order valence-corrected chi connectivity index (χ3v) is 13.9. The van der Waals surface area contributed by atoms with Crippen LogP contribution in [0.2, 0.25) is 0 Å². The fourth-order valence-electron chi connectivity index (χ4n) is 6.65. The van der Waals surface area contributed by atoms with Gasteiger partial charge in [-0.2, -0.15) is 0 Å². The third-order valence-electron chi connectivity index (χ3n) is 8.34. The Morgan fingerprint density at radius 3 is 1.77 bits per heavy atom. The normalized spacial score (nSPS) is 15.9. The quantitative estimate of drug-likeness (QED) is 0.184. The van der Waals surface area contributed by atoms with Gasteiger partial charge in [0.2, 0.25) is 0 Å². The van der Waals surface area contributed by atoms with Crippen molar-refractivity contribution in [2.75, 3.05) is 0 Å². The van der Waals surface area contributed by atoms with Gasteiger partial charge in [-0.15, -0.1) is 0 Å². The second kappa shape index (κ2) is 10.8. The molecular formula is C34H31BF4N2Se2. The van der Waals surface area contributed by atoms with Gasteiger partial charge in [0, 0.05) is 0 Å². The van der Waals surface area contributed by atoms with Gasteiger partial charge in [-0.1, -0.05) is 0 Å². The van der Waals surface area contributed by atoms with Crippen LogP contribution >= 0.6 is 0 Å². The number of hydrogen-bond donors (Lipinski definition) is 0. The van der Waals surface area contributed by atoms with E-state index in [1.54, 1.807) is 38.1 Å². The van der Waals surface area contributed by atoms with Gasteiger partial charge in [-0.05, 0) is 0 Å². The predicted octanol–water partition coefficient (Wildman–Crippen LogP) is 5.75. The van der Waals surface area contributed by atoms with E-state index in [4.69, 9.17) is 0 Å². The van der Waals surface area contributed by atoms with Crippen LogP contribution in [0.25, 0.3) is 5.57 Å². The number of fused-ring (bicyclic) bond motifs is 2. The summed E-state index contributed by atoms with van der Waals surface area (Å²) in [6, 6.07) is 16.9. The number of aryl methyl sites for hydroxylation is 3. The molecule has 220 valence electrons. The van der Waals surface area contributed by atoms with Crippen LogP contribution in [-0.4, -0.2) is 51.6 Å². The zero-order valence-electron chi connectivity index (χ0n) is 25.1. The van der Waals surface area contributed by atoms with Gasteiger partial charge in [0.15, 0.2) is 0 Å². The first-order chi connectivity index (χ1) is 20.3. The fourth-order valence-corrected chi connectivity index (χ4v) is 10.9. The average molecular weight is 712 g/mol. The number of aromatic nitrogens is 1. The zero-order chi connectivity index (χ0) is 31.0. The molecule has 2 nitrogen and oxygen atoms in total. The van der Waals surface area contributed by atoms with Crippen molar-refractivity contribution in [1.29, 1.82) is 0 Å². The summed E-state index contributed by atoms with van der Waals surface area (Å²) in [5.74, 6) is -0.633. The molecule has 2 aliphatic rings. The molecule has 0 saturated heterocycles. The first-order valence-corrected chi connectivity index (χ1v) is 17.5. The standard InChI is InChI=1S/C34H31BF4N2Se2/c1-18-16-19(2)29(20(3)17-18)30-31-21(4)33(42-27-12-8-25(36)9-13-27)23(6)40(31)35(38,39)41-24(7)34(22(5)32(30)41)43-28-14-10-26(37)11-15-28/h8-17H,1-7H3. The number of nitrogens with zero attached hydrogens (tertiary/aromatic N) is 2. The summed E-state index contributed by atoms with van der Waals surface area (Å²) in [7, 11) is 0. The molecule has 4 aromatic rings. The van der Waals surface area contributed by atoms with Crippen molar-refractivity contribution in [2.45, 2.75) is 48.5 Å². The summed E-state index contributed by atoms with van der Waals surface area (Å²) in [6.45, 7) is 9.41. The summed E-state index contributed by atoms with van der Waals surface area (Å²) in [5, 5.41) is 0. The maximum atomic E-state index is 17.1. The van der Waals surface area contributed by atoms with Crippen molar-refractivity contribution >= 4 is 61.6 Å². The Kier molecular flexibility index (Phi) is 7.54. The molecule has 0 atom stereocenters. The SMILES string of the molecule is CC1=C([Se]c2ccc(F)cc2)C(C)=[N+]2C1=C(c1c(C)cc(C)cc1C)c1c(C)c([Se]c3ccc(F)cc3)c(C)n1[B-]2(F)F. The van der Waals surface area contributed by atoms with E-state index >= 15 is 8.63 Å².